The van der Waals surface area contributed by atoms with Crippen LogP contribution >= 0.6 is 0 Å². The number of aryl methyl sites for hydroxylation is 1. The van der Waals surface area contributed by atoms with Gasteiger partial charge in [0, 0.05) is 6.04 Å². The minimum Gasteiger partial charge on any atom is -0.317 e. The maximum Gasteiger partial charge on any atom is 0.00701 e. The van der Waals surface area contributed by atoms with E-state index in [1.807, 2.05) is 0 Å². The van der Waals surface area contributed by atoms with Gasteiger partial charge in [-0.15, -0.1) is 0 Å². The van der Waals surface area contributed by atoms with Gasteiger partial charge in [0.05, 0.1) is 0 Å². The molecule has 0 amide bonds. The maximum atomic E-state index is 3.40. The van der Waals surface area contributed by atoms with Gasteiger partial charge in [0.25, 0.3) is 0 Å². The molecule has 0 saturated heterocycles. The standard InChI is InChI=1S/C14H21N/c1-10-5-4-6-14(11(10)2)12-7-8-13(9-12)15-3/h4-6,12-13,15H,7-9H2,1-3H3. The van der Waals surface area contributed by atoms with E-state index in [0.29, 0.717) is 0 Å². The van der Waals surface area contributed by atoms with Gasteiger partial charge in [0.1, 0.15) is 0 Å². The van der Waals surface area contributed by atoms with Crippen molar-refractivity contribution in [1.82, 2.24) is 5.32 Å². The molecule has 0 heterocycles. The van der Waals surface area contributed by atoms with Gasteiger partial charge < -0.3 is 5.32 Å². The molecule has 1 heteroatoms. The topological polar surface area (TPSA) is 12.0 Å². The van der Waals surface area contributed by atoms with Crippen LogP contribution in [0, 0.1) is 13.8 Å². The SMILES string of the molecule is CNC1CCC(c2cccc(C)c2C)C1. The lowest BCUT2D eigenvalue weighted by Gasteiger charge is -2.15. The third-order valence-electron chi connectivity index (χ3n) is 3.93. The average molecular weight is 203 g/mol. The smallest absolute Gasteiger partial charge is 0.00701 e. The summed E-state index contributed by atoms with van der Waals surface area (Å²) in [5.41, 5.74) is 4.51. The maximum absolute atomic E-state index is 3.40. The fourth-order valence-corrected chi connectivity index (χ4v) is 2.74. The molecule has 1 aliphatic carbocycles. The molecule has 2 unspecified atom stereocenters. The van der Waals surface area contributed by atoms with Crippen molar-refractivity contribution in [2.75, 3.05) is 7.05 Å². The molecule has 0 aliphatic heterocycles. The first kappa shape index (κ1) is 10.7. The minimum atomic E-state index is 0.731. The predicted octanol–water partition coefficient (Wildman–Crippen LogP) is 3.16. The van der Waals surface area contributed by atoms with E-state index in [-0.39, 0.29) is 0 Å². The second-order valence-electron chi connectivity index (χ2n) is 4.78. The van der Waals surface area contributed by atoms with Crippen LogP contribution in [0.25, 0.3) is 0 Å². The lowest BCUT2D eigenvalue weighted by molar-refractivity contribution is 0.571. The fraction of sp³-hybridized carbons (Fsp3) is 0.571. The van der Waals surface area contributed by atoms with Gasteiger partial charge in [-0.1, -0.05) is 18.2 Å². The first-order valence-corrected chi connectivity index (χ1v) is 5.95. The van der Waals surface area contributed by atoms with Crippen LogP contribution in [0.3, 0.4) is 0 Å². The molecule has 1 aliphatic rings. The molecule has 82 valence electrons. The van der Waals surface area contributed by atoms with E-state index in [4.69, 9.17) is 0 Å². The summed E-state index contributed by atoms with van der Waals surface area (Å²) in [6.07, 6.45) is 3.98. The Morgan fingerprint density at radius 3 is 2.67 bits per heavy atom. The van der Waals surface area contributed by atoms with Crippen LogP contribution in [-0.2, 0) is 0 Å². The molecule has 2 rings (SSSR count). The second-order valence-corrected chi connectivity index (χ2v) is 4.78. The molecular weight excluding hydrogens is 182 g/mol. The first-order chi connectivity index (χ1) is 7.22. The molecule has 0 bridgehead atoms. The van der Waals surface area contributed by atoms with Crippen LogP contribution < -0.4 is 5.32 Å². The molecule has 1 nitrogen and oxygen atoms in total. The molecule has 1 fully saturated rings. The van der Waals surface area contributed by atoms with Crippen LogP contribution in [-0.4, -0.2) is 13.1 Å². The monoisotopic (exact) mass is 203 g/mol. The van der Waals surface area contributed by atoms with E-state index in [1.165, 1.54) is 30.4 Å². The molecule has 2 atom stereocenters. The summed E-state index contributed by atoms with van der Waals surface area (Å²) in [5.74, 6) is 0.780. The Balaban J connectivity index is 2.20. The summed E-state index contributed by atoms with van der Waals surface area (Å²) >= 11 is 0. The Morgan fingerprint density at radius 1 is 1.20 bits per heavy atom. The lowest BCUT2D eigenvalue weighted by Crippen LogP contribution is -2.21. The summed E-state index contributed by atoms with van der Waals surface area (Å²) < 4.78 is 0. The van der Waals surface area contributed by atoms with Crippen molar-refractivity contribution >= 4 is 0 Å². The van der Waals surface area contributed by atoms with Crippen molar-refractivity contribution in [2.24, 2.45) is 0 Å². The number of benzene rings is 1. The number of rotatable bonds is 2. The average Bonchev–Trinajstić information content (AvgIpc) is 2.70. The van der Waals surface area contributed by atoms with Gasteiger partial charge in [-0.05, 0) is 62.8 Å². The number of nitrogens with one attached hydrogen (secondary N) is 1. The van der Waals surface area contributed by atoms with Gasteiger partial charge >= 0.3 is 0 Å². The van der Waals surface area contributed by atoms with E-state index in [1.54, 1.807) is 5.56 Å². The second kappa shape index (κ2) is 4.36. The molecule has 0 aromatic heterocycles. The Bertz CT molecular complexity index is 343. The predicted molar refractivity (Wildman–Crippen MR) is 65.4 cm³/mol. The van der Waals surface area contributed by atoms with Gasteiger partial charge in [-0.25, -0.2) is 0 Å². The summed E-state index contributed by atoms with van der Waals surface area (Å²) in [7, 11) is 2.08. The molecular formula is C14H21N. The Labute approximate surface area is 92.9 Å². The van der Waals surface area contributed by atoms with Gasteiger partial charge in [0.2, 0.25) is 0 Å². The van der Waals surface area contributed by atoms with Crippen LogP contribution in [0.4, 0.5) is 0 Å². The number of hydrogen-bond acceptors (Lipinski definition) is 1. The van der Waals surface area contributed by atoms with E-state index >= 15 is 0 Å². The highest BCUT2D eigenvalue weighted by Crippen LogP contribution is 2.36. The Morgan fingerprint density at radius 2 is 2.00 bits per heavy atom. The molecule has 0 radical (unpaired) electrons. The van der Waals surface area contributed by atoms with E-state index in [2.05, 4.69) is 44.4 Å². The quantitative estimate of drug-likeness (QED) is 0.778. The highest BCUT2D eigenvalue weighted by atomic mass is 14.9. The Hall–Kier alpha value is -0.820. The highest BCUT2D eigenvalue weighted by molar-refractivity contribution is 5.36. The number of hydrogen-bond donors (Lipinski definition) is 1. The van der Waals surface area contributed by atoms with Crippen LogP contribution in [0.15, 0.2) is 18.2 Å². The van der Waals surface area contributed by atoms with Crippen molar-refractivity contribution in [3.63, 3.8) is 0 Å². The first-order valence-electron chi connectivity index (χ1n) is 5.95. The summed E-state index contributed by atoms with van der Waals surface area (Å²) in [4.78, 5) is 0. The third kappa shape index (κ3) is 2.07. The fourth-order valence-electron chi connectivity index (χ4n) is 2.74. The van der Waals surface area contributed by atoms with Crippen molar-refractivity contribution in [2.45, 2.75) is 45.1 Å². The van der Waals surface area contributed by atoms with E-state index in [9.17, 15) is 0 Å². The zero-order valence-electron chi connectivity index (χ0n) is 10.0. The zero-order chi connectivity index (χ0) is 10.8. The van der Waals surface area contributed by atoms with Gasteiger partial charge in [-0.2, -0.15) is 0 Å². The molecule has 1 aromatic rings. The van der Waals surface area contributed by atoms with Crippen LogP contribution in [0.2, 0.25) is 0 Å². The van der Waals surface area contributed by atoms with Crippen LogP contribution in [0.5, 0.6) is 0 Å². The molecule has 15 heavy (non-hydrogen) atoms. The molecule has 1 saturated carbocycles. The molecule has 0 spiro atoms. The van der Waals surface area contributed by atoms with Gasteiger partial charge in [-0.3, -0.25) is 0 Å². The van der Waals surface area contributed by atoms with E-state index < -0.39 is 0 Å². The van der Waals surface area contributed by atoms with Crippen molar-refractivity contribution in [1.29, 1.82) is 0 Å². The van der Waals surface area contributed by atoms with Crippen molar-refractivity contribution < 1.29 is 0 Å². The lowest BCUT2D eigenvalue weighted by atomic mass is 9.91. The molecule has 1 aromatic carbocycles. The Kier molecular flexibility index (Phi) is 3.11. The van der Waals surface area contributed by atoms with Gasteiger partial charge in [0.15, 0.2) is 0 Å². The van der Waals surface area contributed by atoms with Crippen molar-refractivity contribution in [3.8, 4) is 0 Å². The van der Waals surface area contributed by atoms with E-state index in [0.717, 1.165) is 12.0 Å². The summed E-state index contributed by atoms with van der Waals surface area (Å²) in [6.45, 7) is 4.47. The largest absolute Gasteiger partial charge is 0.317 e. The van der Waals surface area contributed by atoms with Crippen molar-refractivity contribution in [3.05, 3.63) is 34.9 Å². The zero-order valence-corrected chi connectivity index (χ0v) is 10.0. The van der Waals surface area contributed by atoms with Crippen LogP contribution in [0.1, 0.15) is 41.9 Å². The normalized spacial score (nSPS) is 25.8. The minimum absolute atomic E-state index is 0.731. The third-order valence-corrected chi connectivity index (χ3v) is 3.93. The molecule has 1 N–H and O–H groups in total. The summed E-state index contributed by atoms with van der Waals surface area (Å²) in [5, 5.41) is 3.40. The highest BCUT2D eigenvalue weighted by Gasteiger charge is 2.25. The summed E-state index contributed by atoms with van der Waals surface area (Å²) in [6, 6.07) is 7.45.